The average Bonchev–Trinajstić information content (AvgIpc) is 2.86. The molecule has 0 bridgehead atoms. The van der Waals surface area contributed by atoms with Crippen molar-refractivity contribution in [3.63, 3.8) is 0 Å². The number of aromatic nitrogens is 3. The lowest BCUT2D eigenvalue weighted by atomic mass is 9.91. The average molecular weight is 527 g/mol. The van der Waals surface area contributed by atoms with E-state index in [1.165, 1.54) is 18.9 Å². The van der Waals surface area contributed by atoms with Crippen LogP contribution in [0.5, 0.6) is 0 Å². The Labute approximate surface area is 217 Å². The van der Waals surface area contributed by atoms with Gasteiger partial charge in [-0.05, 0) is 82.1 Å². The van der Waals surface area contributed by atoms with Crippen molar-refractivity contribution in [3.05, 3.63) is 70.6 Å². The van der Waals surface area contributed by atoms with E-state index in [1.54, 1.807) is 49.8 Å². The molecular weight excluding hydrogens is 496 g/mol. The third-order valence-corrected chi connectivity index (χ3v) is 8.34. The van der Waals surface area contributed by atoms with Crippen molar-refractivity contribution in [2.75, 3.05) is 24.1 Å². The molecule has 36 heavy (non-hydrogen) atoms. The van der Waals surface area contributed by atoms with Crippen LogP contribution in [-0.2, 0) is 10.0 Å². The molecule has 0 radical (unpaired) electrons. The number of nitrogens with one attached hydrogen (secondary N) is 2. The molecule has 1 saturated carbocycles. The minimum atomic E-state index is -3.80. The summed E-state index contributed by atoms with van der Waals surface area (Å²) >= 11 is 6.07. The topological polar surface area (TPSA) is 100 Å². The van der Waals surface area contributed by atoms with Crippen LogP contribution in [0.4, 0.5) is 11.8 Å². The van der Waals surface area contributed by atoms with Gasteiger partial charge in [-0.3, -0.25) is 4.72 Å². The van der Waals surface area contributed by atoms with Crippen molar-refractivity contribution < 1.29 is 8.42 Å². The van der Waals surface area contributed by atoms with Crippen LogP contribution in [0.1, 0.15) is 42.4 Å². The zero-order valence-corrected chi connectivity index (χ0v) is 22.2. The third-order valence-electron chi connectivity index (χ3n) is 6.43. The lowest BCUT2D eigenvalue weighted by molar-refractivity contribution is 0.221. The predicted molar refractivity (Wildman–Crippen MR) is 146 cm³/mol. The van der Waals surface area contributed by atoms with Gasteiger partial charge in [0.25, 0.3) is 10.0 Å². The number of hydrogen-bond acceptors (Lipinski definition) is 7. The number of rotatable bonds is 8. The monoisotopic (exact) mass is 526 g/mol. The summed E-state index contributed by atoms with van der Waals surface area (Å²) in [5.74, 6) is 0.874. The molecule has 0 amide bonds. The molecule has 1 aliphatic carbocycles. The van der Waals surface area contributed by atoms with Gasteiger partial charge in [-0.1, -0.05) is 29.8 Å². The largest absolute Gasteiger partial charge is 0.351 e. The normalized spacial score (nSPS) is 18.5. The number of hydrogen-bond donors (Lipinski definition) is 2. The van der Waals surface area contributed by atoms with Crippen LogP contribution in [-0.4, -0.2) is 54.4 Å². The number of halogens is 1. The Hall–Kier alpha value is -3.01. The molecule has 10 heteroatoms. The highest BCUT2D eigenvalue weighted by Gasteiger charge is 2.22. The van der Waals surface area contributed by atoms with Gasteiger partial charge in [-0.15, -0.1) is 0 Å². The molecule has 2 heterocycles. The molecule has 190 valence electrons. The van der Waals surface area contributed by atoms with Crippen LogP contribution >= 0.6 is 11.6 Å². The summed E-state index contributed by atoms with van der Waals surface area (Å²) in [4.78, 5) is 15.6. The van der Waals surface area contributed by atoms with Crippen molar-refractivity contribution in [1.82, 2.24) is 19.9 Å². The smallest absolute Gasteiger partial charge is 0.263 e. The van der Waals surface area contributed by atoms with Crippen molar-refractivity contribution in [1.29, 1.82) is 0 Å². The molecule has 2 N–H and O–H groups in total. The fraction of sp³-hybridized carbons (Fsp3) is 0.346. The van der Waals surface area contributed by atoms with Gasteiger partial charge in [-0.25, -0.2) is 23.4 Å². The molecule has 0 saturated heterocycles. The standard InChI is InChI=1S/C26H31ClN6O2S/c1-18-23(27)5-4-6-24(18)36(34,35)32-25-14-9-19(15-28-25)7-8-20-16-29-26(30-17-20)31-21-10-12-22(13-11-21)33(2)3/h4-9,14-17,21-22H,10-13H2,1-3H3,(H,28,32)(H,29,30,31)/b8-7+. The third kappa shape index (κ3) is 6.60. The highest BCUT2D eigenvalue weighted by molar-refractivity contribution is 7.92. The van der Waals surface area contributed by atoms with E-state index in [9.17, 15) is 8.42 Å². The second-order valence-corrected chi connectivity index (χ2v) is 11.3. The molecular formula is C26H31ClN6O2S. The minimum Gasteiger partial charge on any atom is -0.351 e. The first-order chi connectivity index (χ1) is 17.2. The summed E-state index contributed by atoms with van der Waals surface area (Å²) in [6.45, 7) is 1.67. The molecule has 3 aromatic rings. The summed E-state index contributed by atoms with van der Waals surface area (Å²) in [7, 11) is 0.488. The summed E-state index contributed by atoms with van der Waals surface area (Å²) in [5, 5.41) is 3.84. The quantitative estimate of drug-likeness (QED) is 0.421. The Morgan fingerprint density at radius 1 is 0.944 bits per heavy atom. The zero-order valence-electron chi connectivity index (χ0n) is 20.6. The van der Waals surface area contributed by atoms with Gasteiger partial charge >= 0.3 is 0 Å². The van der Waals surface area contributed by atoms with E-state index >= 15 is 0 Å². The number of anilines is 2. The van der Waals surface area contributed by atoms with Crippen molar-refractivity contribution in [3.8, 4) is 0 Å². The number of sulfonamides is 1. The van der Waals surface area contributed by atoms with Crippen molar-refractivity contribution in [2.45, 2.75) is 49.6 Å². The molecule has 8 nitrogen and oxygen atoms in total. The van der Waals surface area contributed by atoms with E-state index < -0.39 is 10.0 Å². The van der Waals surface area contributed by atoms with Gasteiger partial charge in [0.2, 0.25) is 5.95 Å². The first-order valence-corrected chi connectivity index (χ1v) is 13.7. The Morgan fingerprint density at radius 2 is 1.61 bits per heavy atom. The van der Waals surface area contributed by atoms with E-state index in [4.69, 9.17) is 11.6 Å². The molecule has 1 fully saturated rings. The molecule has 0 atom stereocenters. The highest BCUT2D eigenvalue weighted by Crippen LogP contribution is 2.25. The second kappa shape index (κ2) is 11.4. The summed E-state index contributed by atoms with van der Waals surface area (Å²) in [6.07, 6.45) is 13.5. The Kier molecular flexibility index (Phi) is 8.23. The molecule has 0 spiro atoms. The summed E-state index contributed by atoms with van der Waals surface area (Å²) < 4.78 is 27.9. The minimum absolute atomic E-state index is 0.125. The summed E-state index contributed by atoms with van der Waals surface area (Å²) in [5.41, 5.74) is 2.17. The van der Waals surface area contributed by atoms with Gasteiger partial charge in [0, 0.05) is 41.3 Å². The van der Waals surface area contributed by atoms with E-state index in [-0.39, 0.29) is 10.7 Å². The number of pyridine rings is 1. The van der Waals surface area contributed by atoms with Crippen LogP contribution in [0.3, 0.4) is 0 Å². The van der Waals surface area contributed by atoms with E-state index in [2.05, 4.69) is 44.0 Å². The Bertz CT molecular complexity index is 1300. The second-order valence-electron chi connectivity index (χ2n) is 9.23. The molecule has 4 rings (SSSR count). The summed E-state index contributed by atoms with van der Waals surface area (Å²) in [6, 6.07) is 9.24. The van der Waals surface area contributed by atoms with Crippen LogP contribution in [0.25, 0.3) is 12.2 Å². The van der Waals surface area contributed by atoms with Crippen LogP contribution in [0, 0.1) is 6.92 Å². The van der Waals surface area contributed by atoms with Crippen molar-refractivity contribution >= 4 is 45.5 Å². The van der Waals surface area contributed by atoms with Crippen LogP contribution < -0.4 is 10.0 Å². The highest BCUT2D eigenvalue weighted by atomic mass is 35.5. The fourth-order valence-corrected chi connectivity index (χ4v) is 5.75. The maximum atomic E-state index is 12.7. The lowest BCUT2D eigenvalue weighted by Gasteiger charge is -2.32. The van der Waals surface area contributed by atoms with Crippen LogP contribution in [0.15, 0.2) is 53.8 Å². The first-order valence-electron chi connectivity index (χ1n) is 11.9. The van der Waals surface area contributed by atoms with E-state index in [1.807, 2.05) is 12.2 Å². The Morgan fingerprint density at radius 3 is 2.25 bits per heavy atom. The van der Waals surface area contributed by atoms with Crippen molar-refractivity contribution in [2.24, 2.45) is 0 Å². The maximum Gasteiger partial charge on any atom is 0.263 e. The lowest BCUT2D eigenvalue weighted by Crippen LogP contribution is -2.36. The number of nitrogens with zero attached hydrogens (tertiary/aromatic N) is 4. The molecule has 1 aromatic carbocycles. The Balaban J connectivity index is 1.33. The van der Waals surface area contributed by atoms with Gasteiger partial charge < -0.3 is 10.2 Å². The maximum absolute atomic E-state index is 12.7. The molecule has 0 unspecified atom stereocenters. The van der Waals surface area contributed by atoms with Gasteiger partial charge in [0.05, 0.1) is 4.90 Å². The zero-order chi connectivity index (χ0) is 25.7. The van der Waals surface area contributed by atoms with Gasteiger partial charge in [0.15, 0.2) is 0 Å². The predicted octanol–water partition coefficient (Wildman–Crippen LogP) is 5.09. The fourth-order valence-electron chi connectivity index (χ4n) is 4.25. The van der Waals surface area contributed by atoms with E-state index in [0.29, 0.717) is 28.6 Å². The van der Waals surface area contributed by atoms with Gasteiger partial charge in [0.1, 0.15) is 5.82 Å². The first kappa shape index (κ1) is 26.1. The van der Waals surface area contributed by atoms with Gasteiger partial charge in [-0.2, -0.15) is 0 Å². The SMILES string of the molecule is Cc1c(Cl)cccc1S(=O)(=O)Nc1ccc(/C=C/c2cnc(NC3CCC(N(C)C)CC3)nc2)cn1. The van der Waals surface area contributed by atoms with Crippen LogP contribution in [0.2, 0.25) is 5.02 Å². The molecule has 1 aliphatic rings. The molecule has 0 aliphatic heterocycles. The van der Waals surface area contributed by atoms with E-state index in [0.717, 1.165) is 24.0 Å². The number of benzene rings is 1. The molecule has 2 aromatic heterocycles.